The summed E-state index contributed by atoms with van der Waals surface area (Å²) in [5, 5.41) is 3.67. The molecule has 4 nitrogen and oxygen atoms in total. The molecule has 0 aliphatic heterocycles. The van der Waals surface area contributed by atoms with Crippen LogP contribution >= 0.6 is 0 Å². The molecule has 0 amide bonds. The molecule has 0 spiro atoms. The largest absolute Gasteiger partial charge is 0.497 e. The van der Waals surface area contributed by atoms with Crippen molar-refractivity contribution in [3.05, 3.63) is 30.0 Å². The molecule has 0 saturated heterocycles. The third-order valence-corrected chi connectivity index (χ3v) is 2.52. The maximum absolute atomic E-state index is 5.69. The Bertz CT molecular complexity index is 469. The number of methoxy groups -OCH3 is 1. The SMILES string of the molecule is CCc1cc(OC)cc(-c2cnoc2N)c1. The number of aryl methyl sites for hydroxylation is 1. The van der Waals surface area contributed by atoms with Crippen LogP contribution < -0.4 is 10.5 Å². The van der Waals surface area contributed by atoms with E-state index in [4.69, 9.17) is 15.0 Å². The first-order chi connectivity index (χ1) is 7.74. The van der Waals surface area contributed by atoms with Gasteiger partial charge in [0.25, 0.3) is 0 Å². The van der Waals surface area contributed by atoms with Gasteiger partial charge in [-0.15, -0.1) is 0 Å². The molecule has 1 aromatic carbocycles. The fourth-order valence-electron chi connectivity index (χ4n) is 1.60. The molecule has 0 fully saturated rings. The summed E-state index contributed by atoms with van der Waals surface area (Å²) in [6.07, 6.45) is 2.55. The molecule has 84 valence electrons. The van der Waals surface area contributed by atoms with E-state index in [2.05, 4.69) is 18.1 Å². The molecular weight excluding hydrogens is 204 g/mol. The third kappa shape index (κ3) is 1.86. The second kappa shape index (κ2) is 4.26. The number of ether oxygens (including phenoxy) is 1. The van der Waals surface area contributed by atoms with Crippen LogP contribution in [0.4, 0.5) is 5.88 Å². The molecule has 2 aromatic rings. The van der Waals surface area contributed by atoms with Crippen LogP contribution in [0.2, 0.25) is 0 Å². The van der Waals surface area contributed by atoms with Crippen LogP contribution in [-0.4, -0.2) is 12.3 Å². The minimum Gasteiger partial charge on any atom is -0.497 e. The van der Waals surface area contributed by atoms with Crippen molar-refractivity contribution in [3.8, 4) is 16.9 Å². The second-order valence-corrected chi connectivity index (χ2v) is 3.53. The lowest BCUT2D eigenvalue weighted by Gasteiger charge is -2.06. The number of benzene rings is 1. The molecule has 16 heavy (non-hydrogen) atoms. The number of hydrogen-bond acceptors (Lipinski definition) is 4. The number of nitrogens with zero attached hydrogens (tertiary/aromatic N) is 1. The Morgan fingerprint density at radius 3 is 2.75 bits per heavy atom. The van der Waals surface area contributed by atoms with Crippen molar-refractivity contribution >= 4 is 5.88 Å². The molecule has 0 aliphatic carbocycles. The van der Waals surface area contributed by atoms with Gasteiger partial charge in [-0.25, -0.2) is 0 Å². The molecule has 0 unspecified atom stereocenters. The van der Waals surface area contributed by atoms with Crippen molar-refractivity contribution in [1.82, 2.24) is 5.16 Å². The van der Waals surface area contributed by atoms with Gasteiger partial charge in [-0.3, -0.25) is 0 Å². The van der Waals surface area contributed by atoms with Crippen molar-refractivity contribution in [2.24, 2.45) is 0 Å². The van der Waals surface area contributed by atoms with Crippen molar-refractivity contribution in [2.75, 3.05) is 12.8 Å². The number of aromatic nitrogens is 1. The average molecular weight is 218 g/mol. The van der Waals surface area contributed by atoms with Crippen molar-refractivity contribution in [1.29, 1.82) is 0 Å². The van der Waals surface area contributed by atoms with Crippen molar-refractivity contribution in [3.63, 3.8) is 0 Å². The molecule has 2 rings (SSSR count). The Hall–Kier alpha value is -1.97. The maximum atomic E-state index is 5.69. The zero-order chi connectivity index (χ0) is 11.5. The van der Waals surface area contributed by atoms with Crippen molar-refractivity contribution < 1.29 is 9.26 Å². The van der Waals surface area contributed by atoms with Gasteiger partial charge in [0.2, 0.25) is 5.88 Å². The standard InChI is InChI=1S/C12H14N2O2/c1-3-8-4-9(6-10(5-8)15-2)11-7-14-16-12(11)13/h4-7H,3,13H2,1-2H3. The summed E-state index contributed by atoms with van der Waals surface area (Å²) in [5.41, 5.74) is 8.64. The lowest BCUT2D eigenvalue weighted by atomic mass is 10.0. The lowest BCUT2D eigenvalue weighted by molar-refractivity contribution is 0.414. The van der Waals surface area contributed by atoms with Gasteiger partial charge in [-0.1, -0.05) is 18.1 Å². The van der Waals surface area contributed by atoms with E-state index in [1.165, 1.54) is 5.56 Å². The molecule has 0 saturated carbocycles. The smallest absolute Gasteiger partial charge is 0.229 e. The monoisotopic (exact) mass is 218 g/mol. The van der Waals surface area contributed by atoms with Gasteiger partial charge in [-0.05, 0) is 29.7 Å². The van der Waals surface area contributed by atoms with Gasteiger partial charge in [0, 0.05) is 0 Å². The van der Waals surface area contributed by atoms with Crippen LogP contribution in [0.25, 0.3) is 11.1 Å². The van der Waals surface area contributed by atoms with Crippen LogP contribution in [0, 0.1) is 0 Å². The summed E-state index contributed by atoms with van der Waals surface area (Å²) >= 11 is 0. The van der Waals surface area contributed by atoms with E-state index < -0.39 is 0 Å². The minimum absolute atomic E-state index is 0.329. The summed E-state index contributed by atoms with van der Waals surface area (Å²) in [6, 6.07) is 5.99. The van der Waals surface area contributed by atoms with E-state index >= 15 is 0 Å². The molecular formula is C12H14N2O2. The van der Waals surface area contributed by atoms with E-state index in [1.54, 1.807) is 13.3 Å². The molecule has 0 aliphatic rings. The van der Waals surface area contributed by atoms with E-state index in [1.807, 2.05) is 12.1 Å². The third-order valence-electron chi connectivity index (χ3n) is 2.52. The molecule has 0 radical (unpaired) electrons. The zero-order valence-corrected chi connectivity index (χ0v) is 9.36. The molecule has 1 heterocycles. The Morgan fingerprint density at radius 1 is 1.38 bits per heavy atom. The van der Waals surface area contributed by atoms with Crippen molar-refractivity contribution in [2.45, 2.75) is 13.3 Å². The summed E-state index contributed by atoms with van der Waals surface area (Å²) in [6.45, 7) is 2.09. The first-order valence-corrected chi connectivity index (χ1v) is 5.13. The maximum Gasteiger partial charge on any atom is 0.229 e. The molecule has 1 aromatic heterocycles. The highest BCUT2D eigenvalue weighted by Crippen LogP contribution is 2.29. The normalized spacial score (nSPS) is 10.4. The van der Waals surface area contributed by atoms with E-state index in [-0.39, 0.29) is 0 Å². The minimum atomic E-state index is 0.329. The molecule has 2 N–H and O–H groups in total. The fraction of sp³-hybridized carbons (Fsp3) is 0.250. The van der Waals surface area contributed by atoms with Crippen LogP contribution in [0.5, 0.6) is 5.75 Å². The van der Waals surface area contributed by atoms with Crippen LogP contribution in [0.15, 0.2) is 28.9 Å². The number of anilines is 1. The first-order valence-electron chi connectivity index (χ1n) is 5.13. The summed E-state index contributed by atoms with van der Waals surface area (Å²) in [5.74, 6) is 1.14. The Labute approximate surface area is 94.0 Å². The highest BCUT2D eigenvalue weighted by atomic mass is 16.5. The quantitative estimate of drug-likeness (QED) is 0.859. The Balaban J connectivity index is 2.52. The van der Waals surface area contributed by atoms with Crippen LogP contribution in [0.1, 0.15) is 12.5 Å². The van der Waals surface area contributed by atoms with Gasteiger partial charge in [0.1, 0.15) is 5.75 Å². The predicted molar refractivity (Wildman–Crippen MR) is 62.3 cm³/mol. The van der Waals surface area contributed by atoms with Gasteiger partial charge < -0.3 is 15.0 Å². The molecule has 0 bridgehead atoms. The van der Waals surface area contributed by atoms with Crippen LogP contribution in [0.3, 0.4) is 0 Å². The number of nitrogens with two attached hydrogens (primary N) is 1. The number of hydrogen-bond donors (Lipinski definition) is 1. The first kappa shape index (κ1) is 10.5. The summed E-state index contributed by atoms with van der Waals surface area (Å²) in [7, 11) is 1.65. The highest BCUT2D eigenvalue weighted by Gasteiger charge is 2.09. The number of rotatable bonds is 3. The Morgan fingerprint density at radius 2 is 2.19 bits per heavy atom. The fourth-order valence-corrected chi connectivity index (χ4v) is 1.60. The Kier molecular flexibility index (Phi) is 2.81. The second-order valence-electron chi connectivity index (χ2n) is 3.53. The lowest BCUT2D eigenvalue weighted by Crippen LogP contribution is -1.90. The van der Waals surface area contributed by atoms with Gasteiger partial charge in [-0.2, -0.15) is 0 Å². The molecule has 4 heteroatoms. The van der Waals surface area contributed by atoms with E-state index in [0.29, 0.717) is 5.88 Å². The van der Waals surface area contributed by atoms with E-state index in [0.717, 1.165) is 23.3 Å². The number of nitrogen functional groups attached to an aromatic ring is 1. The summed E-state index contributed by atoms with van der Waals surface area (Å²) in [4.78, 5) is 0. The zero-order valence-electron chi connectivity index (χ0n) is 9.36. The van der Waals surface area contributed by atoms with Gasteiger partial charge in [0.05, 0.1) is 18.9 Å². The highest BCUT2D eigenvalue weighted by molar-refractivity contribution is 5.73. The summed E-state index contributed by atoms with van der Waals surface area (Å²) < 4.78 is 10.1. The van der Waals surface area contributed by atoms with Crippen LogP contribution in [-0.2, 0) is 6.42 Å². The average Bonchev–Trinajstić information content (AvgIpc) is 2.74. The van der Waals surface area contributed by atoms with E-state index in [9.17, 15) is 0 Å². The van der Waals surface area contributed by atoms with Gasteiger partial charge in [0.15, 0.2) is 0 Å². The topological polar surface area (TPSA) is 61.3 Å². The predicted octanol–water partition coefficient (Wildman–Crippen LogP) is 2.49. The van der Waals surface area contributed by atoms with Gasteiger partial charge >= 0.3 is 0 Å². The molecule has 0 atom stereocenters.